The standard InChI is InChI=1S/C18H22FNO3/c19-15-6-1-4-13(10-15)11-18(7-3-8-18)17(23)20-9-2-5-14(12-20)16(21)22/h1,4,6,10,14H,2-3,5,7-9,11-12H2,(H,21,22)/t14-/m0/s1. The number of nitrogens with zero attached hydrogens (tertiary/aromatic N) is 1. The summed E-state index contributed by atoms with van der Waals surface area (Å²) in [7, 11) is 0. The molecule has 124 valence electrons. The number of likely N-dealkylation sites (tertiary alicyclic amines) is 1. The second-order valence-corrected chi connectivity index (χ2v) is 6.87. The number of piperidine rings is 1. The number of carboxylic acids is 1. The first-order chi connectivity index (χ1) is 11.0. The maximum atomic E-state index is 13.4. The number of aliphatic carboxylic acids is 1. The molecule has 3 rings (SSSR count). The third-order valence-corrected chi connectivity index (χ3v) is 5.25. The Labute approximate surface area is 135 Å². The van der Waals surface area contributed by atoms with Gasteiger partial charge in [0.25, 0.3) is 0 Å². The average molecular weight is 319 g/mol. The highest BCUT2D eigenvalue weighted by atomic mass is 19.1. The number of rotatable bonds is 4. The zero-order valence-electron chi connectivity index (χ0n) is 13.1. The Bertz CT molecular complexity index is 612. The number of amides is 1. The van der Waals surface area contributed by atoms with Crippen molar-refractivity contribution >= 4 is 11.9 Å². The number of hydrogen-bond acceptors (Lipinski definition) is 2. The Balaban J connectivity index is 1.74. The molecule has 5 heteroatoms. The Kier molecular flexibility index (Phi) is 4.37. The van der Waals surface area contributed by atoms with Crippen LogP contribution in [0.2, 0.25) is 0 Å². The van der Waals surface area contributed by atoms with Crippen LogP contribution in [0.4, 0.5) is 4.39 Å². The molecule has 1 atom stereocenters. The quantitative estimate of drug-likeness (QED) is 0.928. The van der Waals surface area contributed by atoms with E-state index >= 15 is 0 Å². The van der Waals surface area contributed by atoms with Crippen molar-refractivity contribution in [3.63, 3.8) is 0 Å². The number of carboxylic acid groups (broad SMARTS) is 1. The lowest BCUT2D eigenvalue weighted by Crippen LogP contribution is -2.52. The molecular weight excluding hydrogens is 297 g/mol. The summed E-state index contributed by atoms with van der Waals surface area (Å²) < 4.78 is 13.4. The van der Waals surface area contributed by atoms with Gasteiger partial charge in [0.15, 0.2) is 0 Å². The van der Waals surface area contributed by atoms with Gasteiger partial charge in [0, 0.05) is 13.1 Å². The fourth-order valence-corrected chi connectivity index (χ4v) is 3.81. The first kappa shape index (κ1) is 16.0. The summed E-state index contributed by atoms with van der Waals surface area (Å²) in [6, 6.07) is 6.42. The van der Waals surface area contributed by atoms with Crippen molar-refractivity contribution in [3.8, 4) is 0 Å². The highest BCUT2D eigenvalue weighted by Crippen LogP contribution is 2.45. The van der Waals surface area contributed by atoms with E-state index in [0.717, 1.165) is 31.2 Å². The Morgan fingerprint density at radius 3 is 2.70 bits per heavy atom. The lowest BCUT2D eigenvalue weighted by atomic mass is 9.64. The molecule has 1 heterocycles. The first-order valence-electron chi connectivity index (χ1n) is 8.27. The van der Waals surface area contributed by atoms with Crippen LogP contribution in [0.15, 0.2) is 24.3 Å². The molecule has 0 bridgehead atoms. The summed E-state index contributed by atoms with van der Waals surface area (Å²) in [5.74, 6) is -1.51. The summed E-state index contributed by atoms with van der Waals surface area (Å²) in [4.78, 5) is 25.9. The van der Waals surface area contributed by atoms with E-state index in [-0.39, 0.29) is 11.7 Å². The third kappa shape index (κ3) is 3.23. The van der Waals surface area contributed by atoms with Crippen molar-refractivity contribution in [2.75, 3.05) is 13.1 Å². The minimum Gasteiger partial charge on any atom is -0.481 e. The van der Waals surface area contributed by atoms with Crippen LogP contribution < -0.4 is 0 Å². The summed E-state index contributed by atoms with van der Waals surface area (Å²) in [5, 5.41) is 9.20. The molecule has 1 saturated heterocycles. The summed E-state index contributed by atoms with van der Waals surface area (Å²) in [5.41, 5.74) is 0.374. The van der Waals surface area contributed by atoms with E-state index in [1.54, 1.807) is 11.0 Å². The fourth-order valence-electron chi connectivity index (χ4n) is 3.81. The summed E-state index contributed by atoms with van der Waals surface area (Å²) >= 11 is 0. The predicted octanol–water partition coefficient (Wildman–Crippen LogP) is 2.86. The van der Waals surface area contributed by atoms with Gasteiger partial charge in [-0.2, -0.15) is 0 Å². The monoisotopic (exact) mass is 319 g/mol. The van der Waals surface area contributed by atoms with Crippen molar-refractivity contribution in [2.24, 2.45) is 11.3 Å². The second-order valence-electron chi connectivity index (χ2n) is 6.87. The van der Waals surface area contributed by atoms with Gasteiger partial charge in [-0.1, -0.05) is 18.6 Å². The Hall–Kier alpha value is -1.91. The highest BCUT2D eigenvalue weighted by molar-refractivity contribution is 5.84. The molecule has 1 amide bonds. The molecule has 0 aromatic heterocycles. The van der Waals surface area contributed by atoms with Gasteiger partial charge in [-0.3, -0.25) is 9.59 Å². The molecule has 0 unspecified atom stereocenters. The van der Waals surface area contributed by atoms with Crippen molar-refractivity contribution < 1.29 is 19.1 Å². The van der Waals surface area contributed by atoms with E-state index in [2.05, 4.69) is 0 Å². The van der Waals surface area contributed by atoms with Gasteiger partial charge in [0.1, 0.15) is 5.82 Å². The lowest BCUT2D eigenvalue weighted by Gasteiger charge is -2.45. The van der Waals surface area contributed by atoms with Crippen LogP contribution >= 0.6 is 0 Å². The van der Waals surface area contributed by atoms with Gasteiger partial charge in [-0.25, -0.2) is 4.39 Å². The molecule has 0 spiro atoms. The summed E-state index contributed by atoms with van der Waals surface area (Å²) in [6.07, 6.45) is 4.51. The number of benzene rings is 1. The molecule has 0 radical (unpaired) electrons. The van der Waals surface area contributed by atoms with Gasteiger partial charge < -0.3 is 10.0 Å². The number of carbonyl (C=O) groups is 2. The van der Waals surface area contributed by atoms with Crippen molar-refractivity contribution in [3.05, 3.63) is 35.6 Å². The predicted molar refractivity (Wildman–Crippen MR) is 83.3 cm³/mol. The van der Waals surface area contributed by atoms with Crippen LogP contribution in [-0.4, -0.2) is 35.0 Å². The molecular formula is C18H22FNO3. The lowest BCUT2D eigenvalue weighted by molar-refractivity contribution is -0.153. The SMILES string of the molecule is O=C(O)[C@H]1CCCN(C(=O)C2(Cc3cccc(F)c3)CCC2)C1. The van der Waals surface area contributed by atoms with E-state index in [1.807, 2.05) is 6.07 Å². The first-order valence-corrected chi connectivity index (χ1v) is 8.27. The van der Waals surface area contributed by atoms with E-state index in [4.69, 9.17) is 0 Å². The smallest absolute Gasteiger partial charge is 0.308 e. The molecule has 1 aromatic carbocycles. The van der Waals surface area contributed by atoms with Crippen molar-refractivity contribution in [1.29, 1.82) is 0 Å². The number of hydrogen-bond donors (Lipinski definition) is 1. The van der Waals surface area contributed by atoms with Crippen LogP contribution in [-0.2, 0) is 16.0 Å². The van der Waals surface area contributed by atoms with Gasteiger partial charge in [-0.05, 0) is 49.8 Å². The fraction of sp³-hybridized carbons (Fsp3) is 0.556. The van der Waals surface area contributed by atoms with Crippen LogP contribution in [0, 0.1) is 17.2 Å². The normalized spacial score (nSPS) is 23.2. The number of halogens is 1. The molecule has 4 nitrogen and oxygen atoms in total. The van der Waals surface area contributed by atoms with Gasteiger partial charge in [0.05, 0.1) is 11.3 Å². The van der Waals surface area contributed by atoms with Gasteiger partial charge in [-0.15, -0.1) is 0 Å². The van der Waals surface area contributed by atoms with Crippen LogP contribution in [0.5, 0.6) is 0 Å². The zero-order valence-corrected chi connectivity index (χ0v) is 13.1. The molecule has 1 aliphatic heterocycles. The zero-order chi connectivity index (χ0) is 16.4. The van der Waals surface area contributed by atoms with E-state index in [9.17, 15) is 19.1 Å². The molecule has 1 aromatic rings. The van der Waals surface area contributed by atoms with Crippen LogP contribution in [0.3, 0.4) is 0 Å². The molecule has 2 fully saturated rings. The largest absolute Gasteiger partial charge is 0.481 e. The van der Waals surface area contributed by atoms with E-state index in [0.29, 0.717) is 25.9 Å². The number of carbonyl (C=O) groups excluding carboxylic acids is 1. The maximum absolute atomic E-state index is 13.4. The molecule has 1 aliphatic carbocycles. The Morgan fingerprint density at radius 1 is 1.30 bits per heavy atom. The minimum absolute atomic E-state index is 0.0546. The molecule has 1 saturated carbocycles. The van der Waals surface area contributed by atoms with E-state index < -0.39 is 17.3 Å². The average Bonchev–Trinajstić information content (AvgIpc) is 2.50. The highest BCUT2D eigenvalue weighted by Gasteiger charge is 2.47. The van der Waals surface area contributed by atoms with Crippen LogP contribution in [0.1, 0.15) is 37.7 Å². The summed E-state index contributed by atoms with van der Waals surface area (Å²) in [6.45, 7) is 0.937. The second kappa shape index (κ2) is 6.30. The topological polar surface area (TPSA) is 57.6 Å². The molecule has 2 aliphatic rings. The molecule has 23 heavy (non-hydrogen) atoms. The van der Waals surface area contributed by atoms with Gasteiger partial charge in [0.2, 0.25) is 5.91 Å². The van der Waals surface area contributed by atoms with Crippen molar-refractivity contribution in [2.45, 2.75) is 38.5 Å². The molecule has 1 N–H and O–H groups in total. The van der Waals surface area contributed by atoms with Crippen LogP contribution in [0.25, 0.3) is 0 Å². The Morgan fingerprint density at radius 2 is 2.09 bits per heavy atom. The van der Waals surface area contributed by atoms with Gasteiger partial charge >= 0.3 is 5.97 Å². The maximum Gasteiger partial charge on any atom is 0.308 e. The van der Waals surface area contributed by atoms with E-state index in [1.165, 1.54) is 12.1 Å². The minimum atomic E-state index is -0.824. The third-order valence-electron chi connectivity index (χ3n) is 5.25. The van der Waals surface area contributed by atoms with Crippen molar-refractivity contribution in [1.82, 2.24) is 4.90 Å².